The van der Waals surface area contributed by atoms with Gasteiger partial charge in [-0.1, -0.05) is 11.8 Å². The summed E-state index contributed by atoms with van der Waals surface area (Å²) in [5.41, 5.74) is 0.106. The van der Waals surface area contributed by atoms with Crippen molar-refractivity contribution in [3.8, 4) is 11.8 Å². The topological polar surface area (TPSA) is 87.7 Å². The van der Waals surface area contributed by atoms with Gasteiger partial charge in [0.15, 0.2) is 5.60 Å². The van der Waals surface area contributed by atoms with Crippen molar-refractivity contribution in [2.45, 2.75) is 25.0 Å². The summed E-state index contributed by atoms with van der Waals surface area (Å²) in [5, 5.41) is 11.0. The van der Waals surface area contributed by atoms with Gasteiger partial charge in [-0.15, -0.1) is 0 Å². The first-order valence-electron chi connectivity index (χ1n) is 8.67. The number of hydrogen-bond donors (Lipinski definition) is 3. The summed E-state index contributed by atoms with van der Waals surface area (Å²) in [6.07, 6.45) is -3.13. The lowest BCUT2D eigenvalue weighted by Gasteiger charge is -2.34. The molecule has 0 bridgehead atoms. The summed E-state index contributed by atoms with van der Waals surface area (Å²) in [7, 11) is 0.963. The predicted molar refractivity (Wildman–Crippen MR) is 101 cm³/mol. The van der Waals surface area contributed by atoms with E-state index in [-0.39, 0.29) is 11.4 Å². The van der Waals surface area contributed by atoms with Crippen molar-refractivity contribution in [2.24, 2.45) is 0 Å². The van der Waals surface area contributed by atoms with Gasteiger partial charge in [0.05, 0.1) is 0 Å². The summed E-state index contributed by atoms with van der Waals surface area (Å²) in [5.74, 6) is 3.22. The number of benzene rings is 2. The Morgan fingerprint density at radius 2 is 1.53 bits per heavy atom. The molecule has 0 heterocycles. The molecule has 3 N–H and O–H groups in total. The zero-order chi connectivity index (χ0) is 22.3. The highest BCUT2D eigenvalue weighted by Gasteiger charge is 2.48. The standard InChI is InChI=1S/C21H19F3N2O4/c1-21(30-2,20(23)24)17(19(28)26-29)25-18(27)15-9-5-13(6-10-15)3-4-14-7-11-16(22)12-8-14/h5-12,17,20,29H,1-2H3,(H,25,27)(H,26,28)/t17-,21?/m1/s1. The quantitative estimate of drug-likeness (QED) is 0.381. The highest BCUT2D eigenvalue weighted by Crippen LogP contribution is 2.24. The fraction of sp³-hybridized carbons (Fsp3) is 0.238. The third kappa shape index (κ3) is 5.37. The first kappa shape index (κ1) is 22.9. The lowest BCUT2D eigenvalue weighted by atomic mass is 9.95. The van der Waals surface area contributed by atoms with Crippen LogP contribution in [0.4, 0.5) is 13.2 Å². The molecule has 0 spiro atoms. The van der Waals surface area contributed by atoms with E-state index in [2.05, 4.69) is 17.2 Å². The molecule has 30 heavy (non-hydrogen) atoms. The van der Waals surface area contributed by atoms with Crippen molar-refractivity contribution in [1.29, 1.82) is 0 Å². The third-order valence-electron chi connectivity index (χ3n) is 4.44. The van der Waals surface area contributed by atoms with Crippen LogP contribution < -0.4 is 10.8 Å². The van der Waals surface area contributed by atoms with Crippen molar-refractivity contribution in [1.82, 2.24) is 10.8 Å². The number of carbonyl (C=O) groups is 2. The van der Waals surface area contributed by atoms with Crippen LogP contribution in [0.15, 0.2) is 48.5 Å². The molecule has 6 nitrogen and oxygen atoms in total. The maximum Gasteiger partial charge on any atom is 0.269 e. The zero-order valence-electron chi connectivity index (χ0n) is 16.1. The van der Waals surface area contributed by atoms with Gasteiger partial charge in [0.25, 0.3) is 18.2 Å². The van der Waals surface area contributed by atoms with Crippen LogP contribution >= 0.6 is 0 Å². The fourth-order valence-corrected chi connectivity index (χ4v) is 2.46. The minimum Gasteiger partial charge on any atom is -0.370 e. The molecule has 0 aromatic heterocycles. The molecule has 2 aromatic rings. The number of methoxy groups -OCH3 is 1. The van der Waals surface area contributed by atoms with Crippen LogP contribution in [0.5, 0.6) is 0 Å². The zero-order valence-corrected chi connectivity index (χ0v) is 16.1. The number of alkyl halides is 2. The first-order chi connectivity index (χ1) is 14.2. The van der Waals surface area contributed by atoms with Gasteiger partial charge in [0.1, 0.15) is 11.9 Å². The number of amides is 2. The minimum atomic E-state index is -3.13. The Hall–Kier alpha value is -3.35. The van der Waals surface area contributed by atoms with Gasteiger partial charge in [-0.05, 0) is 55.5 Å². The molecule has 0 saturated heterocycles. The van der Waals surface area contributed by atoms with Crippen molar-refractivity contribution in [2.75, 3.05) is 7.11 Å². The lowest BCUT2D eigenvalue weighted by Crippen LogP contribution is -2.62. The van der Waals surface area contributed by atoms with Crippen molar-refractivity contribution >= 4 is 11.8 Å². The van der Waals surface area contributed by atoms with Crippen molar-refractivity contribution < 1.29 is 32.7 Å². The van der Waals surface area contributed by atoms with Crippen LogP contribution in [0.2, 0.25) is 0 Å². The molecule has 2 rings (SSSR count). The van der Waals surface area contributed by atoms with Gasteiger partial charge in [0, 0.05) is 23.8 Å². The summed E-state index contributed by atoms with van der Waals surface area (Å²) in [6.45, 7) is 0.936. The molecule has 0 aliphatic carbocycles. The fourth-order valence-electron chi connectivity index (χ4n) is 2.46. The van der Waals surface area contributed by atoms with Crippen LogP contribution in [0.3, 0.4) is 0 Å². The van der Waals surface area contributed by atoms with E-state index in [9.17, 15) is 22.8 Å². The molecule has 0 radical (unpaired) electrons. The summed E-state index contributed by atoms with van der Waals surface area (Å²) >= 11 is 0. The molecule has 0 saturated carbocycles. The number of carbonyl (C=O) groups excluding carboxylic acids is 2. The van der Waals surface area contributed by atoms with Crippen molar-refractivity contribution in [3.63, 3.8) is 0 Å². The minimum absolute atomic E-state index is 0.0748. The number of nitrogens with one attached hydrogen (secondary N) is 2. The Morgan fingerprint density at radius 3 is 1.97 bits per heavy atom. The molecule has 0 aliphatic rings. The maximum absolute atomic E-state index is 13.4. The monoisotopic (exact) mass is 420 g/mol. The summed E-state index contributed by atoms with van der Waals surface area (Å²) in [4.78, 5) is 24.3. The van der Waals surface area contributed by atoms with E-state index in [4.69, 9.17) is 9.94 Å². The number of hydrogen-bond acceptors (Lipinski definition) is 4. The summed E-state index contributed by atoms with van der Waals surface area (Å²) < 4.78 is 44.5. The third-order valence-corrected chi connectivity index (χ3v) is 4.44. The SMILES string of the molecule is COC(C)(C(F)F)[C@H](NC(=O)c1ccc(C#Cc2ccc(F)cc2)cc1)C(=O)NO. The predicted octanol–water partition coefficient (Wildman–Crippen LogP) is 2.50. The second-order valence-corrected chi connectivity index (χ2v) is 6.41. The van der Waals surface area contributed by atoms with E-state index in [1.54, 1.807) is 0 Å². The van der Waals surface area contributed by atoms with Gasteiger partial charge in [-0.25, -0.2) is 18.7 Å². The van der Waals surface area contributed by atoms with Crippen LogP contribution in [0.25, 0.3) is 0 Å². The molecule has 2 atom stereocenters. The number of halogens is 3. The Labute approximate surface area is 171 Å². The van der Waals surface area contributed by atoms with Gasteiger partial charge < -0.3 is 10.1 Å². The molecule has 1 unspecified atom stereocenters. The molecule has 0 aliphatic heterocycles. The maximum atomic E-state index is 13.4. The van der Waals surface area contributed by atoms with E-state index >= 15 is 0 Å². The van der Waals surface area contributed by atoms with Gasteiger partial charge >= 0.3 is 0 Å². The highest BCUT2D eigenvalue weighted by molar-refractivity contribution is 5.97. The highest BCUT2D eigenvalue weighted by atomic mass is 19.3. The molecule has 9 heteroatoms. The van der Waals surface area contributed by atoms with E-state index in [1.165, 1.54) is 54.0 Å². The summed E-state index contributed by atoms with van der Waals surface area (Å²) in [6, 6.07) is 9.57. The molecule has 158 valence electrons. The second-order valence-electron chi connectivity index (χ2n) is 6.41. The van der Waals surface area contributed by atoms with E-state index in [1.807, 2.05) is 0 Å². The van der Waals surface area contributed by atoms with E-state index < -0.39 is 29.9 Å². The second kappa shape index (κ2) is 9.91. The van der Waals surface area contributed by atoms with E-state index in [0.717, 1.165) is 14.0 Å². The Morgan fingerprint density at radius 1 is 1.03 bits per heavy atom. The molecular formula is C21H19F3N2O4. The average molecular weight is 420 g/mol. The smallest absolute Gasteiger partial charge is 0.269 e. The van der Waals surface area contributed by atoms with Crippen LogP contribution in [0, 0.1) is 17.7 Å². The van der Waals surface area contributed by atoms with Crippen molar-refractivity contribution in [3.05, 3.63) is 71.0 Å². The number of ether oxygens (including phenoxy) is 1. The Bertz CT molecular complexity index is 953. The lowest BCUT2D eigenvalue weighted by molar-refractivity contribution is -0.157. The normalized spacial score (nSPS) is 13.6. The van der Waals surface area contributed by atoms with Crippen LogP contribution in [-0.4, -0.2) is 42.2 Å². The Kier molecular flexibility index (Phi) is 7.58. The molecule has 2 amide bonds. The number of hydroxylamine groups is 1. The largest absolute Gasteiger partial charge is 0.370 e. The van der Waals surface area contributed by atoms with Crippen LogP contribution in [0.1, 0.15) is 28.4 Å². The van der Waals surface area contributed by atoms with Crippen LogP contribution in [-0.2, 0) is 9.53 Å². The van der Waals surface area contributed by atoms with Gasteiger partial charge in [-0.3, -0.25) is 14.8 Å². The molecule has 2 aromatic carbocycles. The Balaban J connectivity index is 2.18. The molecule has 0 fully saturated rings. The van der Waals surface area contributed by atoms with E-state index in [0.29, 0.717) is 11.1 Å². The first-order valence-corrected chi connectivity index (χ1v) is 8.67. The van der Waals surface area contributed by atoms with Gasteiger partial charge in [0.2, 0.25) is 0 Å². The number of rotatable bonds is 6. The van der Waals surface area contributed by atoms with Gasteiger partial charge in [-0.2, -0.15) is 0 Å². The molecular weight excluding hydrogens is 401 g/mol. The average Bonchev–Trinajstić information content (AvgIpc) is 2.76.